The smallest absolute Gasteiger partial charge is 0.266 e. The van der Waals surface area contributed by atoms with Gasteiger partial charge in [-0.25, -0.2) is 4.68 Å². The molecular formula is C16H24N6O2. The van der Waals surface area contributed by atoms with Crippen molar-refractivity contribution in [2.24, 2.45) is 5.92 Å². The van der Waals surface area contributed by atoms with Crippen molar-refractivity contribution in [3.63, 3.8) is 0 Å². The third-order valence-corrected chi connectivity index (χ3v) is 4.02. The van der Waals surface area contributed by atoms with Crippen LogP contribution in [0.15, 0.2) is 21.5 Å². The summed E-state index contributed by atoms with van der Waals surface area (Å²) >= 11 is 0. The highest BCUT2D eigenvalue weighted by Crippen LogP contribution is 2.13. The minimum atomic E-state index is -0.0430. The van der Waals surface area contributed by atoms with Gasteiger partial charge in [-0.3, -0.25) is 9.69 Å². The zero-order valence-electron chi connectivity index (χ0n) is 14.5. The number of aryl methyl sites for hydroxylation is 1. The quantitative estimate of drug-likeness (QED) is 0.805. The van der Waals surface area contributed by atoms with Crippen LogP contribution in [-0.4, -0.2) is 51.0 Å². The largest absolute Gasteiger partial charge is 0.353 e. The molecule has 0 unspecified atom stereocenters. The lowest BCUT2D eigenvalue weighted by Gasteiger charge is -2.34. The highest BCUT2D eigenvalue weighted by Gasteiger charge is 2.20. The molecule has 130 valence electrons. The van der Waals surface area contributed by atoms with E-state index in [9.17, 15) is 4.79 Å². The molecule has 0 saturated carbocycles. The molecular weight excluding hydrogens is 308 g/mol. The molecule has 8 heteroatoms. The molecule has 0 amide bonds. The molecule has 0 aliphatic carbocycles. The molecule has 0 radical (unpaired) electrons. The van der Waals surface area contributed by atoms with Crippen molar-refractivity contribution in [2.75, 3.05) is 31.1 Å². The van der Waals surface area contributed by atoms with Gasteiger partial charge in [-0.05, 0) is 12.0 Å². The molecule has 2 aromatic rings. The van der Waals surface area contributed by atoms with Gasteiger partial charge in [0.15, 0.2) is 5.82 Å². The molecule has 1 aliphatic heterocycles. The van der Waals surface area contributed by atoms with Crippen LogP contribution in [0.3, 0.4) is 0 Å². The summed E-state index contributed by atoms with van der Waals surface area (Å²) in [5, 5.41) is 8.46. The van der Waals surface area contributed by atoms with Crippen LogP contribution >= 0.6 is 0 Å². The minimum Gasteiger partial charge on any atom is -0.353 e. The second-order valence-electron chi connectivity index (χ2n) is 6.60. The summed E-state index contributed by atoms with van der Waals surface area (Å²) in [5.41, 5.74) is -0.0430. The number of anilines is 1. The van der Waals surface area contributed by atoms with E-state index in [4.69, 9.17) is 4.52 Å². The van der Waals surface area contributed by atoms with Crippen molar-refractivity contribution in [1.82, 2.24) is 24.8 Å². The van der Waals surface area contributed by atoms with Gasteiger partial charge in [0.2, 0.25) is 5.89 Å². The lowest BCUT2D eigenvalue weighted by atomic mass is 10.2. The van der Waals surface area contributed by atoms with Crippen LogP contribution in [0.4, 0.5) is 5.82 Å². The fourth-order valence-electron chi connectivity index (χ4n) is 2.82. The van der Waals surface area contributed by atoms with Gasteiger partial charge in [0.1, 0.15) is 5.82 Å². The Morgan fingerprint density at radius 1 is 1.21 bits per heavy atom. The van der Waals surface area contributed by atoms with E-state index in [1.165, 1.54) is 0 Å². The van der Waals surface area contributed by atoms with Crippen LogP contribution in [0.2, 0.25) is 0 Å². The first-order valence-electron chi connectivity index (χ1n) is 8.36. The Kier molecular flexibility index (Phi) is 4.94. The van der Waals surface area contributed by atoms with Crippen LogP contribution in [-0.2, 0) is 13.1 Å². The van der Waals surface area contributed by atoms with Crippen LogP contribution < -0.4 is 10.5 Å². The molecule has 3 heterocycles. The van der Waals surface area contributed by atoms with Gasteiger partial charge in [-0.2, -0.15) is 10.1 Å². The van der Waals surface area contributed by atoms with Gasteiger partial charge in [0.05, 0.1) is 6.54 Å². The number of rotatable bonds is 5. The van der Waals surface area contributed by atoms with Crippen molar-refractivity contribution >= 4 is 5.82 Å². The van der Waals surface area contributed by atoms with Gasteiger partial charge >= 0.3 is 0 Å². The molecule has 0 atom stereocenters. The summed E-state index contributed by atoms with van der Waals surface area (Å²) in [6.45, 7) is 10.8. The van der Waals surface area contributed by atoms with Crippen molar-refractivity contribution < 1.29 is 4.52 Å². The molecule has 24 heavy (non-hydrogen) atoms. The van der Waals surface area contributed by atoms with E-state index in [1.807, 2.05) is 6.07 Å². The minimum absolute atomic E-state index is 0.0430. The van der Waals surface area contributed by atoms with E-state index in [0.717, 1.165) is 37.8 Å². The van der Waals surface area contributed by atoms with E-state index in [-0.39, 0.29) is 5.56 Å². The van der Waals surface area contributed by atoms with E-state index >= 15 is 0 Å². The van der Waals surface area contributed by atoms with E-state index in [2.05, 4.69) is 38.9 Å². The third-order valence-electron chi connectivity index (χ3n) is 4.02. The van der Waals surface area contributed by atoms with Gasteiger partial charge in [-0.15, -0.1) is 0 Å². The Hall–Kier alpha value is -2.22. The lowest BCUT2D eigenvalue weighted by Crippen LogP contribution is -2.46. The summed E-state index contributed by atoms with van der Waals surface area (Å²) < 4.78 is 6.58. The Balaban J connectivity index is 1.61. The van der Waals surface area contributed by atoms with Crippen LogP contribution in [0.25, 0.3) is 0 Å². The molecule has 0 aromatic carbocycles. The van der Waals surface area contributed by atoms with Crippen molar-refractivity contribution in [3.8, 4) is 0 Å². The average Bonchev–Trinajstić information content (AvgIpc) is 2.95. The molecule has 3 rings (SSSR count). The third kappa shape index (κ3) is 4.00. The topological polar surface area (TPSA) is 80.3 Å². The number of hydrogen-bond acceptors (Lipinski definition) is 7. The summed E-state index contributed by atoms with van der Waals surface area (Å²) in [6, 6.07) is 3.43. The standard InChI is InChI=1S/C16H24N6O2/c1-12(2)10-22-16(23)5-4-15(18-22)21-8-6-20(7-9-21)11-14-17-13(3)24-19-14/h4-5,12H,6-11H2,1-3H3. The normalized spacial score (nSPS) is 16.1. The molecule has 1 saturated heterocycles. The van der Waals surface area contributed by atoms with Crippen molar-refractivity contribution in [1.29, 1.82) is 0 Å². The summed E-state index contributed by atoms with van der Waals surface area (Å²) in [5.74, 6) is 2.58. The predicted molar refractivity (Wildman–Crippen MR) is 89.9 cm³/mol. The highest BCUT2D eigenvalue weighted by atomic mass is 16.5. The maximum Gasteiger partial charge on any atom is 0.266 e. The van der Waals surface area contributed by atoms with Gasteiger partial charge in [0, 0.05) is 45.7 Å². The number of nitrogens with zero attached hydrogens (tertiary/aromatic N) is 6. The molecule has 2 aromatic heterocycles. The zero-order valence-corrected chi connectivity index (χ0v) is 14.5. The van der Waals surface area contributed by atoms with Crippen LogP contribution in [0.5, 0.6) is 0 Å². The second kappa shape index (κ2) is 7.12. The SMILES string of the molecule is Cc1nc(CN2CCN(c3ccc(=O)n(CC(C)C)n3)CC2)no1. The van der Waals surface area contributed by atoms with E-state index in [1.54, 1.807) is 17.7 Å². The summed E-state index contributed by atoms with van der Waals surface area (Å²) in [7, 11) is 0. The first-order valence-corrected chi connectivity index (χ1v) is 8.36. The number of piperazine rings is 1. The van der Waals surface area contributed by atoms with Crippen LogP contribution in [0.1, 0.15) is 25.6 Å². The fraction of sp³-hybridized carbons (Fsp3) is 0.625. The summed E-state index contributed by atoms with van der Waals surface area (Å²) in [6.07, 6.45) is 0. The Labute approximate surface area is 141 Å². The van der Waals surface area contributed by atoms with E-state index in [0.29, 0.717) is 24.9 Å². The number of aromatic nitrogens is 4. The van der Waals surface area contributed by atoms with Crippen molar-refractivity contribution in [3.05, 3.63) is 34.2 Å². The van der Waals surface area contributed by atoms with E-state index < -0.39 is 0 Å². The molecule has 0 spiro atoms. The summed E-state index contributed by atoms with van der Waals surface area (Å²) in [4.78, 5) is 20.7. The average molecular weight is 332 g/mol. The molecule has 0 N–H and O–H groups in total. The first kappa shape index (κ1) is 16.6. The fourth-order valence-corrected chi connectivity index (χ4v) is 2.82. The molecule has 0 bridgehead atoms. The van der Waals surface area contributed by atoms with Gasteiger partial charge < -0.3 is 9.42 Å². The van der Waals surface area contributed by atoms with Crippen LogP contribution in [0, 0.1) is 12.8 Å². The molecule has 8 nitrogen and oxygen atoms in total. The first-order chi connectivity index (χ1) is 11.5. The van der Waals surface area contributed by atoms with Crippen molar-refractivity contribution in [2.45, 2.75) is 33.9 Å². The number of hydrogen-bond donors (Lipinski definition) is 0. The monoisotopic (exact) mass is 332 g/mol. The molecule has 1 aliphatic rings. The maximum absolute atomic E-state index is 11.9. The Bertz CT molecular complexity index is 730. The second-order valence-corrected chi connectivity index (χ2v) is 6.60. The van der Waals surface area contributed by atoms with Gasteiger partial charge in [-0.1, -0.05) is 19.0 Å². The maximum atomic E-state index is 11.9. The highest BCUT2D eigenvalue weighted by molar-refractivity contribution is 5.37. The zero-order chi connectivity index (χ0) is 17.1. The lowest BCUT2D eigenvalue weighted by molar-refractivity contribution is 0.239. The van der Waals surface area contributed by atoms with Gasteiger partial charge in [0.25, 0.3) is 5.56 Å². The predicted octanol–water partition coefficient (Wildman–Crippen LogP) is 0.913. The molecule has 1 fully saturated rings. The Morgan fingerprint density at radius 3 is 2.58 bits per heavy atom. The Morgan fingerprint density at radius 2 is 1.96 bits per heavy atom.